The highest BCUT2D eigenvalue weighted by Crippen LogP contribution is 2.17. The molecule has 1 heterocycles. The van der Waals surface area contributed by atoms with Gasteiger partial charge in [0.15, 0.2) is 0 Å². The van der Waals surface area contributed by atoms with Crippen LogP contribution in [0.5, 0.6) is 0 Å². The van der Waals surface area contributed by atoms with Crippen LogP contribution in [0.3, 0.4) is 0 Å². The highest BCUT2D eigenvalue weighted by Gasteiger charge is 2.25. The largest absolute Gasteiger partial charge is 0.375 e. The number of ether oxygens (including phenoxy) is 1. The average molecular weight is 185 g/mol. The molecule has 0 aromatic heterocycles. The van der Waals surface area contributed by atoms with Crippen LogP contribution >= 0.6 is 0 Å². The maximum absolute atomic E-state index is 5.77. The molecule has 0 aliphatic carbocycles. The Morgan fingerprint density at radius 1 is 1.38 bits per heavy atom. The van der Waals surface area contributed by atoms with Gasteiger partial charge in [-0.15, -0.1) is 0 Å². The molecular weight excluding hydrogens is 162 g/mol. The molecule has 0 amide bonds. The molecule has 1 saturated heterocycles. The summed E-state index contributed by atoms with van der Waals surface area (Å²) in [5.41, 5.74) is 0. The molecule has 0 spiro atoms. The average Bonchev–Trinajstić information content (AvgIpc) is 2.17. The van der Waals surface area contributed by atoms with Gasteiger partial charge >= 0.3 is 0 Å². The summed E-state index contributed by atoms with van der Waals surface area (Å²) in [6.07, 6.45) is 1.68. The molecule has 0 aromatic rings. The summed E-state index contributed by atoms with van der Waals surface area (Å²) in [7, 11) is 0. The van der Waals surface area contributed by atoms with Crippen LogP contribution in [0.1, 0.15) is 34.1 Å². The van der Waals surface area contributed by atoms with Crippen molar-refractivity contribution in [1.29, 1.82) is 0 Å². The molecule has 1 unspecified atom stereocenters. The van der Waals surface area contributed by atoms with Crippen molar-refractivity contribution in [2.75, 3.05) is 19.7 Å². The molecular formula is C11H23NO. The molecule has 1 rings (SSSR count). The summed E-state index contributed by atoms with van der Waals surface area (Å²) < 4.78 is 5.77. The van der Waals surface area contributed by atoms with Gasteiger partial charge in [-0.05, 0) is 19.8 Å². The van der Waals surface area contributed by atoms with Crippen LogP contribution in [0.15, 0.2) is 0 Å². The second kappa shape index (κ2) is 4.97. The van der Waals surface area contributed by atoms with Gasteiger partial charge in [0.25, 0.3) is 0 Å². The van der Waals surface area contributed by atoms with Gasteiger partial charge in [0, 0.05) is 19.1 Å². The smallest absolute Gasteiger partial charge is 0.0728 e. The minimum atomic E-state index is 0.459. The van der Waals surface area contributed by atoms with Gasteiger partial charge in [-0.25, -0.2) is 0 Å². The summed E-state index contributed by atoms with van der Waals surface area (Å²) in [6, 6.07) is 0.662. The van der Waals surface area contributed by atoms with Gasteiger partial charge < -0.3 is 4.74 Å². The number of rotatable bonds is 3. The molecule has 13 heavy (non-hydrogen) atoms. The van der Waals surface area contributed by atoms with Crippen LogP contribution in [0, 0.1) is 5.92 Å². The van der Waals surface area contributed by atoms with E-state index in [0.717, 1.165) is 19.7 Å². The van der Waals surface area contributed by atoms with Gasteiger partial charge in [0.1, 0.15) is 0 Å². The minimum absolute atomic E-state index is 0.459. The second-order valence-corrected chi connectivity index (χ2v) is 4.38. The first-order valence-electron chi connectivity index (χ1n) is 5.50. The quantitative estimate of drug-likeness (QED) is 0.668. The Balaban J connectivity index is 2.41. The maximum Gasteiger partial charge on any atom is 0.0728 e. The van der Waals surface area contributed by atoms with E-state index in [9.17, 15) is 0 Å². The fraction of sp³-hybridized carbons (Fsp3) is 1.00. The van der Waals surface area contributed by atoms with Crippen molar-refractivity contribution in [1.82, 2.24) is 4.90 Å². The summed E-state index contributed by atoms with van der Waals surface area (Å²) in [5.74, 6) is 0.696. The van der Waals surface area contributed by atoms with Crippen molar-refractivity contribution in [3.05, 3.63) is 0 Å². The summed E-state index contributed by atoms with van der Waals surface area (Å²) in [5, 5.41) is 0. The van der Waals surface area contributed by atoms with Gasteiger partial charge in [0.05, 0.1) is 12.7 Å². The number of hydrogen-bond donors (Lipinski definition) is 0. The molecule has 0 N–H and O–H groups in total. The Labute approximate surface area is 82.3 Å². The highest BCUT2D eigenvalue weighted by molar-refractivity contribution is 4.76. The van der Waals surface area contributed by atoms with Crippen LogP contribution in [0.2, 0.25) is 0 Å². The lowest BCUT2D eigenvalue weighted by atomic mass is 10.00. The van der Waals surface area contributed by atoms with Crippen LogP contribution in [0.4, 0.5) is 0 Å². The lowest BCUT2D eigenvalue weighted by Gasteiger charge is -2.37. The van der Waals surface area contributed by atoms with Crippen molar-refractivity contribution < 1.29 is 4.74 Å². The highest BCUT2D eigenvalue weighted by atomic mass is 16.5. The van der Waals surface area contributed by atoms with Crippen LogP contribution < -0.4 is 0 Å². The summed E-state index contributed by atoms with van der Waals surface area (Å²) in [6.45, 7) is 12.2. The van der Waals surface area contributed by atoms with Crippen molar-refractivity contribution in [3.63, 3.8) is 0 Å². The maximum atomic E-state index is 5.77. The van der Waals surface area contributed by atoms with E-state index in [4.69, 9.17) is 4.74 Å². The molecule has 2 heteroatoms. The SMILES string of the molecule is CCC(C)[C@@H]1CN(C(C)C)CCO1. The minimum Gasteiger partial charge on any atom is -0.375 e. The zero-order chi connectivity index (χ0) is 9.84. The fourth-order valence-corrected chi connectivity index (χ4v) is 1.77. The Kier molecular flexibility index (Phi) is 4.20. The second-order valence-electron chi connectivity index (χ2n) is 4.38. The predicted molar refractivity (Wildman–Crippen MR) is 55.9 cm³/mol. The Morgan fingerprint density at radius 3 is 2.62 bits per heavy atom. The van der Waals surface area contributed by atoms with Gasteiger partial charge in [0.2, 0.25) is 0 Å². The number of morpholine rings is 1. The lowest BCUT2D eigenvalue weighted by Crippen LogP contribution is -2.47. The molecule has 0 aromatic carbocycles. The standard InChI is InChI=1S/C11H23NO/c1-5-10(4)11-8-12(9(2)3)6-7-13-11/h9-11H,5-8H2,1-4H3/t10?,11-/m0/s1. The molecule has 1 aliphatic heterocycles. The Bertz CT molecular complexity index is 147. The third kappa shape index (κ3) is 2.96. The number of nitrogens with zero attached hydrogens (tertiary/aromatic N) is 1. The molecule has 0 bridgehead atoms. The Morgan fingerprint density at radius 2 is 2.08 bits per heavy atom. The monoisotopic (exact) mass is 185 g/mol. The van der Waals surface area contributed by atoms with Crippen molar-refractivity contribution in [2.24, 2.45) is 5.92 Å². The van der Waals surface area contributed by atoms with Crippen molar-refractivity contribution in [2.45, 2.75) is 46.3 Å². The van der Waals surface area contributed by atoms with Crippen molar-refractivity contribution >= 4 is 0 Å². The molecule has 1 fully saturated rings. The van der Waals surface area contributed by atoms with E-state index in [2.05, 4.69) is 32.6 Å². The van der Waals surface area contributed by atoms with E-state index >= 15 is 0 Å². The lowest BCUT2D eigenvalue weighted by molar-refractivity contribution is -0.0631. The van der Waals surface area contributed by atoms with Gasteiger partial charge in [-0.3, -0.25) is 4.90 Å². The summed E-state index contributed by atoms with van der Waals surface area (Å²) >= 11 is 0. The number of hydrogen-bond acceptors (Lipinski definition) is 2. The summed E-state index contributed by atoms with van der Waals surface area (Å²) in [4.78, 5) is 2.51. The zero-order valence-electron chi connectivity index (χ0n) is 9.42. The van der Waals surface area contributed by atoms with E-state index in [1.807, 2.05) is 0 Å². The molecule has 0 saturated carbocycles. The van der Waals surface area contributed by atoms with E-state index in [1.165, 1.54) is 6.42 Å². The third-order valence-corrected chi connectivity index (χ3v) is 3.13. The third-order valence-electron chi connectivity index (χ3n) is 3.13. The van der Waals surface area contributed by atoms with Gasteiger partial charge in [-0.1, -0.05) is 20.3 Å². The van der Waals surface area contributed by atoms with E-state index < -0.39 is 0 Å². The molecule has 2 nitrogen and oxygen atoms in total. The molecule has 0 radical (unpaired) electrons. The van der Waals surface area contributed by atoms with Crippen LogP contribution in [-0.4, -0.2) is 36.7 Å². The zero-order valence-corrected chi connectivity index (χ0v) is 9.42. The normalized spacial score (nSPS) is 27.9. The predicted octanol–water partition coefficient (Wildman–Crippen LogP) is 2.14. The first kappa shape index (κ1) is 11.0. The first-order valence-corrected chi connectivity index (χ1v) is 5.50. The van der Waals surface area contributed by atoms with Crippen LogP contribution in [0.25, 0.3) is 0 Å². The Hall–Kier alpha value is -0.0800. The molecule has 2 atom stereocenters. The van der Waals surface area contributed by atoms with Crippen molar-refractivity contribution in [3.8, 4) is 0 Å². The molecule has 1 aliphatic rings. The van der Waals surface area contributed by atoms with E-state index in [0.29, 0.717) is 18.1 Å². The fourth-order valence-electron chi connectivity index (χ4n) is 1.77. The van der Waals surface area contributed by atoms with E-state index in [1.54, 1.807) is 0 Å². The molecule has 78 valence electrons. The van der Waals surface area contributed by atoms with Crippen LogP contribution in [-0.2, 0) is 4.74 Å². The topological polar surface area (TPSA) is 12.5 Å². The first-order chi connectivity index (χ1) is 6.15. The van der Waals surface area contributed by atoms with E-state index in [-0.39, 0.29) is 0 Å². The van der Waals surface area contributed by atoms with Gasteiger partial charge in [-0.2, -0.15) is 0 Å².